The highest BCUT2D eigenvalue weighted by atomic mass is 32.1. The van der Waals surface area contributed by atoms with E-state index in [1.165, 1.54) is 11.2 Å². The predicted octanol–water partition coefficient (Wildman–Crippen LogP) is 4.68. The number of furan rings is 1. The fourth-order valence-electron chi connectivity index (χ4n) is 2.09. The summed E-state index contributed by atoms with van der Waals surface area (Å²) in [5, 5.41) is 5.08. The molecule has 0 spiro atoms. The summed E-state index contributed by atoms with van der Waals surface area (Å²) in [6.45, 7) is 0. The molecule has 0 saturated heterocycles. The summed E-state index contributed by atoms with van der Waals surface area (Å²) in [5.74, 6) is 0.882. The van der Waals surface area contributed by atoms with Crippen molar-refractivity contribution in [2.24, 2.45) is 0 Å². The second-order valence-electron chi connectivity index (χ2n) is 4.00. The van der Waals surface area contributed by atoms with Crippen LogP contribution in [0.4, 0.5) is 0 Å². The van der Waals surface area contributed by atoms with Crippen LogP contribution in [0.15, 0.2) is 52.0 Å². The number of fused-ring (bicyclic) bond motifs is 1. The average molecular weight is 284 g/mol. The highest BCUT2D eigenvalue weighted by Crippen LogP contribution is 2.42. The van der Waals surface area contributed by atoms with Gasteiger partial charge in [-0.05, 0) is 22.9 Å². The van der Waals surface area contributed by atoms with E-state index in [1.54, 1.807) is 22.7 Å². The van der Waals surface area contributed by atoms with Crippen molar-refractivity contribution < 1.29 is 4.42 Å². The second-order valence-corrected chi connectivity index (χ2v) is 5.90. The van der Waals surface area contributed by atoms with Gasteiger partial charge in [0, 0.05) is 11.1 Å². The molecule has 0 saturated carbocycles. The molecule has 19 heavy (non-hydrogen) atoms. The molecule has 0 aromatic carbocycles. The van der Waals surface area contributed by atoms with Crippen molar-refractivity contribution in [3.8, 4) is 21.1 Å². The molecule has 3 nitrogen and oxygen atoms in total. The van der Waals surface area contributed by atoms with Gasteiger partial charge in [-0.1, -0.05) is 12.1 Å². The van der Waals surface area contributed by atoms with Gasteiger partial charge < -0.3 is 4.42 Å². The van der Waals surface area contributed by atoms with Crippen molar-refractivity contribution in [3.05, 3.63) is 47.5 Å². The topological polar surface area (TPSA) is 38.9 Å². The van der Waals surface area contributed by atoms with Crippen LogP contribution in [0.1, 0.15) is 0 Å². The maximum absolute atomic E-state index is 5.93. The molecule has 0 bridgehead atoms. The molecule has 92 valence electrons. The first kappa shape index (κ1) is 10.9. The lowest BCUT2D eigenvalue weighted by Crippen LogP contribution is -1.77. The summed E-state index contributed by atoms with van der Waals surface area (Å²) in [6.07, 6.45) is 3.33. The molecule has 0 N–H and O–H groups in total. The fourth-order valence-corrected chi connectivity index (χ4v) is 3.58. The molecular weight excluding hydrogens is 276 g/mol. The van der Waals surface area contributed by atoms with Crippen molar-refractivity contribution in [1.82, 2.24) is 9.97 Å². The third-order valence-corrected chi connectivity index (χ3v) is 4.64. The number of rotatable bonds is 2. The lowest BCUT2D eigenvalue weighted by Gasteiger charge is -1.97. The van der Waals surface area contributed by atoms with Crippen LogP contribution in [0.5, 0.6) is 0 Å². The van der Waals surface area contributed by atoms with Crippen LogP contribution in [-0.2, 0) is 0 Å². The van der Waals surface area contributed by atoms with Crippen molar-refractivity contribution in [1.29, 1.82) is 0 Å². The van der Waals surface area contributed by atoms with E-state index in [1.807, 2.05) is 23.7 Å². The van der Waals surface area contributed by atoms with Gasteiger partial charge >= 0.3 is 0 Å². The van der Waals surface area contributed by atoms with E-state index in [9.17, 15) is 0 Å². The van der Waals surface area contributed by atoms with Crippen LogP contribution in [0.3, 0.4) is 0 Å². The van der Waals surface area contributed by atoms with E-state index in [2.05, 4.69) is 27.5 Å². The Hall–Kier alpha value is -1.98. The Kier molecular flexibility index (Phi) is 2.46. The van der Waals surface area contributed by atoms with E-state index in [0.29, 0.717) is 5.71 Å². The van der Waals surface area contributed by atoms with Gasteiger partial charge in [0.2, 0.25) is 5.71 Å². The Morgan fingerprint density at radius 3 is 2.53 bits per heavy atom. The van der Waals surface area contributed by atoms with E-state index < -0.39 is 0 Å². The van der Waals surface area contributed by atoms with Gasteiger partial charge in [0.1, 0.15) is 6.33 Å². The van der Waals surface area contributed by atoms with Crippen molar-refractivity contribution in [2.45, 2.75) is 0 Å². The summed E-state index contributed by atoms with van der Waals surface area (Å²) < 4.78 is 5.93. The van der Waals surface area contributed by atoms with Crippen LogP contribution < -0.4 is 0 Å². The number of aromatic nitrogens is 2. The second kappa shape index (κ2) is 4.29. The molecule has 0 aliphatic heterocycles. The zero-order valence-corrected chi connectivity index (χ0v) is 11.4. The average Bonchev–Trinajstić information content (AvgIpc) is 3.17. The number of nitrogens with zero attached hydrogens (tertiary/aromatic N) is 2. The zero-order chi connectivity index (χ0) is 12.7. The molecule has 4 aromatic heterocycles. The van der Waals surface area contributed by atoms with Crippen LogP contribution in [-0.4, -0.2) is 9.97 Å². The Labute approximate surface area is 117 Å². The largest absolute Gasteiger partial charge is 0.436 e. The maximum atomic E-state index is 5.93. The van der Waals surface area contributed by atoms with Gasteiger partial charge in [-0.15, -0.1) is 22.7 Å². The first-order chi connectivity index (χ1) is 9.43. The van der Waals surface area contributed by atoms with Gasteiger partial charge in [0.25, 0.3) is 0 Å². The van der Waals surface area contributed by atoms with Gasteiger partial charge in [0.15, 0.2) is 5.76 Å². The number of hydrogen-bond donors (Lipinski definition) is 0. The third-order valence-electron chi connectivity index (χ3n) is 2.88. The van der Waals surface area contributed by atoms with Gasteiger partial charge in [-0.25, -0.2) is 9.97 Å². The Morgan fingerprint density at radius 2 is 1.79 bits per heavy atom. The highest BCUT2D eigenvalue weighted by Gasteiger charge is 2.19. The lowest BCUT2D eigenvalue weighted by molar-refractivity contribution is 0.620. The predicted molar refractivity (Wildman–Crippen MR) is 78.4 cm³/mol. The Morgan fingerprint density at radius 1 is 1.00 bits per heavy atom. The van der Waals surface area contributed by atoms with Crippen molar-refractivity contribution >= 4 is 33.8 Å². The highest BCUT2D eigenvalue weighted by molar-refractivity contribution is 7.14. The smallest absolute Gasteiger partial charge is 0.230 e. The summed E-state index contributed by atoms with van der Waals surface area (Å²) in [5.41, 5.74) is 1.73. The van der Waals surface area contributed by atoms with E-state index in [-0.39, 0.29) is 0 Å². The molecule has 4 aromatic rings. The molecule has 0 atom stereocenters. The van der Waals surface area contributed by atoms with Crippen LogP contribution >= 0.6 is 22.7 Å². The Bertz CT molecular complexity index is 817. The minimum atomic E-state index is 0.641. The normalized spacial score (nSPS) is 11.2. The molecule has 0 amide bonds. The first-order valence-electron chi connectivity index (χ1n) is 5.74. The van der Waals surface area contributed by atoms with E-state index >= 15 is 0 Å². The van der Waals surface area contributed by atoms with Gasteiger partial charge in [-0.3, -0.25) is 0 Å². The van der Waals surface area contributed by atoms with Gasteiger partial charge in [0.05, 0.1) is 15.8 Å². The molecule has 0 unspecified atom stereocenters. The van der Waals surface area contributed by atoms with E-state index in [4.69, 9.17) is 4.42 Å². The zero-order valence-electron chi connectivity index (χ0n) is 9.74. The van der Waals surface area contributed by atoms with Crippen LogP contribution in [0.25, 0.3) is 32.2 Å². The minimum Gasteiger partial charge on any atom is -0.436 e. The van der Waals surface area contributed by atoms with Crippen LogP contribution in [0.2, 0.25) is 0 Å². The summed E-state index contributed by atoms with van der Waals surface area (Å²) in [6, 6.07) is 8.23. The fraction of sp³-hybridized carbons (Fsp3) is 0. The summed E-state index contributed by atoms with van der Waals surface area (Å²) >= 11 is 3.36. The molecular formula is C14H8N2OS2. The Balaban J connectivity index is 2.10. The van der Waals surface area contributed by atoms with Gasteiger partial charge in [-0.2, -0.15) is 0 Å². The van der Waals surface area contributed by atoms with E-state index in [0.717, 1.165) is 21.6 Å². The standard InChI is InChI=1S/C14H8N2OS2/c1-3-10(18-5-1)12-9-7-15-8-16-14(9)17-13(12)11-4-2-6-19-11/h1-8H. The molecule has 4 rings (SSSR count). The molecule has 0 radical (unpaired) electrons. The summed E-state index contributed by atoms with van der Waals surface area (Å²) in [7, 11) is 0. The molecule has 0 aliphatic rings. The first-order valence-corrected chi connectivity index (χ1v) is 7.49. The maximum Gasteiger partial charge on any atom is 0.230 e. The SMILES string of the molecule is c1csc(-c2oc3ncncc3c2-c2cccs2)c1. The molecule has 5 heteroatoms. The minimum absolute atomic E-state index is 0.641. The summed E-state index contributed by atoms with van der Waals surface area (Å²) in [4.78, 5) is 10.6. The van der Waals surface area contributed by atoms with Crippen molar-refractivity contribution in [3.63, 3.8) is 0 Å². The number of thiophene rings is 2. The molecule has 4 heterocycles. The lowest BCUT2D eigenvalue weighted by atomic mass is 10.1. The third kappa shape index (κ3) is 1.70. The monoisotopic (exact) mass is 284 g/mol. The quantitative estimate of drug-likeness (QED) is 0.536. The number of hydrogen-bond acceptors (Lipinski definition) is 5. The molecule has 0 fully saturated rings. The van der Waals surface area contributed by atoms with Crippen LogP contribution in [0, 0.1) is 0 Å². The van der Waals surface area contributed by atoms with Crippen molar-refractivity contribution in [2.75, 3.05) is 0 Å². The molecule has 0 aliphatic carbocycles.